The number of halogens is 10. The fraction of sp³-hybridized carbons (Fsp3) is 0.714. The standard InChI is InChI=1S/C14H15F10NO4S/c1-7(12(17,18)19)8(26)29-11(9(27)25-2,13(20,21)22)28-6-4-3-5-10(15,16)14(23,24)30/h30H,1,3-6H2,2H3,(H,25,27). The second kappa shape index (κ2) is 9.62. The molecule has 0 aromatic carbocycles. The first kappa shape index (κ1) is 28.3. The van der Waals surface area contributed by atoms with E-state index in [2.05, 4.69) is 28.7 Å². The van der Waals surface area contributed by atoms with Crippen LogP contribution in [0.25, 0.3) is 0 Å². The van der Waals surface area contributed by atoms with Crippen LogP contribution < -0.4 is 5.32 Å². The van der Waals surface area contributed by atoms with Crippen LogP contribution in [0.3, 0.4) is 0 Å². The van der Waals surface area contributed by atoms with Crippen LogP contribution in [0.15, 0.2) is 12.2 Å². The van der Waals surface area contributed by atoms with Gasteiger partial charge < -0.3 is 14.8 Å². The third-order valence-corrected chi connectivity index (χ3v) is 3.68. The topological polar surface area (TPSA) is 64.6 Å². The monoisotopic (exact) mass is 483 g/mol. The van der Waals surface area contributed by atoms with Crippen LogP contribution in [0, 0.1) is 0 Å². The minimum atomic E-state index is -5.92. The second-order valence-corrected chi connectivity index (χ2v) is 6.17. The van der Waals surface area contributed by atoms with E-state index in [4.69, 9.17) is 0 Å². The minimum Gasteiger partial charge on any atom is -0.412 e. The van der Waals surface area contributed by atoms with E-state index in [-0.39, 0.29) is 0 Å². The fourth-order valence-electron chi connectivity index (χ4n) is 1.70. The third-order valence-electron chi connectivity index (χ3n) is 3.35. The fourth-order valence-corrected chi connectivity index (χ4v) is 1.81. The lowest BCUT2D eigenvalue weighted by molar-refractivity contribution is -0.347. The number of unbranched alkanes of at least 4 members (excludes halogenated alkanes) is 1. The van der Waals surface area contributed by atoms with Gasteiger partial charge in [-0.25, -0.2) is 4.79 Å². The van der Waals surface area contributed by atoms with E-state index < -0.39 is 72.6 Å². The highest BCUT2D eigenvalue weighted by Gasteiger charge is 2.66. The summed E-state index contributed by atoms with van der Waals surface area (Å²) in [6.45, 7) is 0.936. The number of alkyl halides is 10. The van der Waals surface area contributed by atoms with E-state index in [1.54, 1.807) is 0 Å². The van der Waals surface area contributed by atoms with Crippen molar-refractivity contribution in [3.05, 3.63) is 12.2 Å². The lowest BCUT2D eigenvalue weighted by Gasteiger charge is -2.33. The van der Waals surface area contributed by atoms with E-state index in [1.807, 2.05) is 0 Å². The number of nitrogens with one attached hydrogen (secondary N) is 1. The molecular formula is C14H15F10NO4S. The van der Waals surface area contributed by atoms with Crippen molar-refractivity contribution in [3.63, 3.8) is 0 Å². The molecule has 176 valence electrons. The molecule has 1 amide bonds. The molecule has 0 saturated heterocycles. The van der Waals surface area contributed by atoms with Crippen molar-refractivity contribution in [3.8, 4) is 0 Å². The average molecular weight is 483 g/mol. The van der Waals surface area contributed by atoms with Gasteiger partial charge in [-0.3, -0.25) is 4.79 Å². The third kappa shape index (κ3) is 6.92. The summed E-state index contributed by atoms with van der Waals surface area (Å²) in [6.07, 6.45) is -14.6. The number of carbonyl (C=O) groups excluding carboxylic acids is 2. The van der Waals surface area contributed by atoms with Gasteiger partial charge in [0.2, 0.25) is 0 Å². The molecule has 0 aromatic heterocycles. The zero-order chi connectivity index (χ0) is 24.2. The Labute approximate surface area is 168 Å². The molecule has 0 aliphatic rings. The molecule has 0 aliphatic heterocycles. The van der Waals surface area contributed by atoms with E-state index in [1.165, 1.54) is 5.32 Å². The predicted molar refractivity (Wildman–Crippen MR) is 82.8 cm³/mol. The summed E-state index contributed by atoms with van der Waals surface area (Å²) in [5.74, 6) is -14.1. The van der Waals surface area contributed by atoms with Crippen LogP contribution in [0.5, 0.6) is 0 Å². The maximum absolute atomic E-state index is 13.4. The van der Waals surface area contributed by atoms with E-state index in [9.17, 15) is 53.5 Å². The van der Waals surface area contributed by atoms with Gasteiger partial charge in [-0.1, -0.05) is 19.2 Å². The van der Waals surface area contributed by atoms with E-state index in [0.29, 0.717) is 7.05 Å². The zero-order valence-electron chi connectivity index (χ0n) is 14.9. The summed E-state index contributed by atoms with van der Waals surface area (Å²) in [4.78, 5) is 23.1. The number of esters is 1. The Morgan fingerprint density at radius 1 is 0.967 bits per heavy atom. The number of rotatable bonds is 10. The molecule has 1 atom stereocenters. The molecule has 0 saturated carbocycles. The van der Waals surface area contributed by atoms with Crippen molar-refractivity contribution in [2.75, 3.05) is 13.7 Å². The quantitative estimate of drug-likeness (QED) is 0.123. The normalized spacial score (nSPS) is 15.3. The number of thiol groups is 1. The van der Waals surface area contributed by atoms with Gasteiger partial charge in [-0.15, -0.1) is 0 Å². The summed E-state index contributed by atoms with van der Waals surface area (Å²) in [5.41, 5.74) is -2.39. The molecule has 0 radical (unpaired) electrons. The maximum Gasteiger partial charge on any atom is 0.466 e. The summed E-state index contributed by atoms with van der Waals surface area (Å²) in [6, 6.07) is 0. The molecule has 1 N–H and O–H groups in total. The number of ether oxygens (including phenoxy) is 2. The largest absolute Gasteiger partial charge is 0.466 e. The molecule has 30 heavy (non-hydrogen) atoms. The SMILES string of the molecule is C=C(C(=O)OC(OCCCCC(F)(F)C(F)(F)S)(C(=O)NC)C(F)(F)F)C(F)(F)F. The summed E-state index contributed by atoms with van der Waals surface area (Å²) in [5, 5.41) is -3.34. The van der Waals surface area contributed by atoms with Crippen LogP contribution >= 0.6 is 12.6 Å². The highest BCUT2D eigenvalue weighted by atomic mass is 32.1. The smallest absolute Gasteiger partial charge is 0.412 e. The van der Waals surface area contributed by atoms with Gasteiger partial charge in [-0.05, 0) is 12.8 Å². The van der Waals surface area contributed by atoms with Crippen LogP contribution in [0.2, 0.25) is 0 Å². The predicted octanol–water partition coefficient (Wildman–Crippen LogP) is 4.00. The molecule has 0 heterocycles. The highest BCUT2D eigenvalue weighted by Crippen LogP contribution is 2.41. The van der Waals surface area contributed by atoms with Gasteiger partial charge in [0.15, 0.2) is 0 Å². The van der Waals surface area contributed by atoms with Crippen LogP contribution in [-0.4, -0.2) is 54.8 Å². The zero-order valence-corrected chi connectivity index (χ0v) is 15.8. The number of amides is 1. The Bertz CT molecular complexity index is 644. The molecule has 16 heteroatoms. The van der Waals surface area contributed by atoms with E-state index >= 15 is 0 Å². The Morgan fingerprint density at radius 2 is 1.47 bits per heavy atom. The van der Waals surface area contributed by atoms with Crippen LogP contribution in [0.4, 0.5) is 43.9 Å². The molecule has 0 aliphatic carbocycles. The Kier molecular flexibility index (Phi) is 9.07. The van der Waals surface area contributed by atoms with Crippen molar-refractivity contribution < 1.29 is 63.0 Å². The van der Waals surface area contributed by atoms with Crippen molar-refractivity contribution >= 4 is 24.5 Å². The first-order chi connectivity index (χ1) is 13.2. The Hall–Kier alpha value is -1.71. The van der Waals surface area contributed by atoms with Gasteiger partial charge in [0.1, 0.15) is 5.57 Å². The lowest BCUT2D eigenvalue weighted by atomic mass is 10.1. The van der Waals surface area contributed by atoms with Crippen molar-refractivity contribution in [2.24, 2.45) is 0 Å². The van der Waals surface area contributed by atoms with Gasteiger partial charge >= 0.3 is 41.2 Å². The van der Waals surface area contributed by atoms with Crippen molar-refractivity contribution in [1.82, 2.24) is 5.32 Å². The number of carbonyl (C=O) groups is 2. The first-order valence-electron chi connectivity index (χ1n) is 7.63. The van der Waals surface area contributed by atoms with Crippen LogP contribution in [0.1, 0.15) is 19.3 Å². The Morgan fingerprint density at radius 3 is 1.83 bits per heavy atom. The second-order valence-electron chi connectivity index (χ2n) is 5.61. The highest BCUT2D eigenvalue weighted by molar-refractivity contribution is 7.81. The Balaban J connectivity index is 5.46. The molecule has 5 nitrogen and oxygen atoms in total. The van der Waals surface area contributed by atoms with Crippen molar-refractivity contribution in [1.29, 1.82) is 0 Å². The first-order valence-corrected chi connectivity index (χ1v) is 8.08. The summed E-state index contributed by atoms with van der Waals surface area (Å²) in [7, 11) is 0.605. The molecular weight excluding hydrogens is 468 g/mol. The summed E-state index contributed by atoms with van der Waals surface area (Å²) >= 11 is 2.39. The van der Waals surface area contributed by atoms with Gasteiger partial charge in [0.25, 0.3) is 0 Å². The molecule has 0 aromatic rings. The molecule has 0 fully saturated rings. The van der Waals surface area contributed by atoms with Gasteiger partial charge in [0.05, 0.1) is 6.61 Å². The van der Waals surface area contributed by atoms with Crippen LogP contribution in [-0.2, 0) is 19.1 Å². The van der Waals surface area contributed by atoms with Gasteiger partial charge in [-0.2, -0.15) is 43.9 Å². The molecule has 1 unspecified atom stereocenters. The number of hydrogen-bond donors (Lipinski definition) is 2. The molecule has 0 bridgehead atoms. The summed E-state index contributed by atoms with van der Waals surface area (Å²) < 4.78 is 136. The number of hydrogen-bond acceptors (Lipinski definition) is 5. The maximum atomic E-state index is 13.4. The minimum absolute atomic E-state index is 0.605. The van der Waals surface area contributed by atoms with Crippen molar-refractivity contribution in [2.45, 2.75) is 48.6 Å². The lowest BCUT2D eigenvalue weighted by Crippen LogP contribution is -2.61. The number of likely N-dealkylation sites (N-methyl/N-ethyl adjacent to an activating group) is 1. The van der Waals surface area contributed by atoms with Gasteiger partial charge in [0, 0.05) is 13.5 Å². The van der Waals surface area contributed by atoms with E-state index in [0.717, 1.165) is 0 Å². The molecule has 0 spiro atoms. The average Bonchev–Trinajstić information content (AvgIpc) is 2.55. The molecule has 0 rings (SSSR count).